The average molecular weight is 458 g/mol. The Hall–Kier alpha value is -3.09. The van der Waals surface area contributed by atoms with Crippen molar-refractivity contribution in [2.75, 3.05) is 0 Å². The van der Waals surface area contributed by atoms with Crippen molar-refractivity contribution >= 4 is 11.8 Å². The van der Waals surface area contributed by atoms with Gasteiger partial charge in [-0.2, -0.15) is 13.2 Å². The van der Waals surface area contributed by atoms with Gasteiger partial charge in [0, 0.05) is 11.8 Å². The molecule has 1 heterocycles. The largest absolute Gasteiger partial charge is 0.504 e. The summed E-state index contributed by atoms with van der Waals surface area (Å²) in [6.07, 6.45) is -3.46. The van der Waals surface area contributed by atoms with Crippen LogP contribution in [0.5, 0.6) is 0 Å². The fourth-order valence-electron chi connectivity index (χ4n) is 4.59. The minimum absolute atomic E-state index is 0.0149. The van der Waals surface area contributed by atoms with Gasteiger partial charge in [0.05, 0.1) is 11.1 Å². The van der Waals surface area contributed by atoms with Gasteiger partial charge in [-0.3, -0.25) is 4.79 Å². The molecule has 0 aromatic heterocycles. The first-order valence-electron chi connectivity index (χ1n) is 11.1. The summed E-state index contributed by atoms with van der Waals surface area (Å²) in [5.74, 6) is -2.85. The van der Waals surface area contributed by atoms with Gasteiger partial charge in [-0.25, -0.2) is 4.79 Å². The number of carbonyl (C=O) groups is 2. The number of esters is 1. The van der Waals surface area contributed by atoms with Crippen molar-refractivity contribution in [3.8, 4) is 0 Å². The number of cyclic esters (lactones) is 1. The van der Waals surface area contributed by atoms with Crippen molar-refractivity contribution in [3.63, 3.8) is 0 Å². The average Bonchev–Trinajstić information content (AvgIpc) is 3.63. The molecule has 174 valence electrons. The number of hydrogen-bond acceptors (Lipinski definition) is 4. The van der Waals surface area contributed by atoms with E-state index in [2.05, 4.69) is 0 Å². The molecule has 1 aliphatic heterocycles. The molecule has 7 heteroatoms. The number of Topliss-reactive ketones (excluding diaryl/α,β-unsaturated/α-hetero) is 1. The summed E-state index contributed by atoms with van der Waals surface area (Å²) in [5, 5.41) is 10.8. The molecule has 3 unspecified atom stereocenters. The Balaban J connectivity index is 1.61. The van der Waals surface area contributed by atoms with Crippen LogP contribution in [0.15, 0.2) is 65.9 Å². The number of halogens is 3. The highest BCUT2D eigenvalue weighted by Crippen LogP contribution is 2.48. The Bertz CT molecular complexity index is 1070. The maximum atomic E-state index is 13.1. The molecule has 1 fully saturated rings. The molecule has 0 amide bonds. The summed E-state index contributed by atoms with van der Waals surface area (Å²) in [7, 11) is 0. The Kier molecular flexibility index (Phi) is 6.32. The second-order valence-electron chi connectivity index (χ2n) is 8.75. The zero-order valence-corrected chi connectivity index (χ0v) is 18.1. The van der Waals surface area contributed by atoms with Crippen LogP contribution in [0.4, 0.5) is 13.2 Å². The standard InChI is InChI=1S/C26H25F3O4/c1-2-16(13-15-7-6-10-19(14-15)26(27,28)29)24-23(31)22(30)21(25(32)33-24)20(18-11-12-18)17-8-4-3-5-9-17/h3-10,14,16,18,20,24,30H,2,11-13H2,1H3. The van der Waals surface area contributed by atoms with E-state index in [1.165, 1.54) is 6.07 Å². The van der Waals surface area contributed by atoms with Crippen LogP contribution < -0.4 is 0 Å². The van der Waals surface area contributed by atoms with Crippen molar-refractivity contribution in [1.29, 1.82) is 0 Å². The molecule has 4 rings (SSSR count). The predicted octanol–water partition coefficient (Wildman–Crippen LogP) is 5.77. The van der Waals surface area contributed by atoms with Gasteiger partial charge in [-0.15, -0.1) is 0 Å². The van der Waals surface area contributed by atoms with E-state index in [-0.39, 0.29) is 17.9 Å². The van der Waals surface area contributed by atoms with Crippen molar-refractivity contribution in [1.82, 2.24) is 0 Å². The maximum Gasteiger partial charge on any atom is 0.416 e. The lowest BCUT2D eigenvalue weighted by molar-refractivity contribution is -0.158. The minimum atomic E-state index is -4.48. The highest BCUT2D eigenvalue weighted by molar-refractivity contribution is 6.09. The topological polar surface area (TPSA) is 63.6 Å². The fraction of sp³-hybridized carbons (Fsp3) is 0.385. The van der Waals surface area contributed by atoms with E-state index in [0.29, 0.717) is 12.0 Å². The third kappa shape index (κ3) is 4.82. The molecule has 1 aliphatic carbocycles. The molecule has 3 atom stereocenters. The van der Waals surface area contributed by atoms with Crippen molar-refractivity contribution in [2.24, 2.45) is 11.8 Å². The summed E-state index contributed by atoms with van der Waals surface area (Å²) in [5.41, 5.74) is 0.427. The molecule has 2 aromatic rings. The zero-order chi connectivity index (χ0) is 23.8. The van der Waals surface area contributed by atoms with E-state index >= 15 is 0 Å². The van der Waals surface area contributed by atoms with E-state index in [0.717, 1.165) is 30.5 Å². The number of ether oxygens (including phenoxy) is 1. The zero-order valence-electron chi connectivity index (χ0n) is 18.1. The smallest absolute Gasteiger partial charge is 0.416 e. The molecule has 0 spiro atoms. The van der Waals surface area contributed by atoms with Crippen LogP contribution in [-0.4, -0.2) is 23.0 Å². The monoisotopic (exact) mass is 458 g/mol. The van der Waals surface area contributed by atoms with Crippen LogP contribution in [0.25, 0.3) is 0 Å². The Morgan fingerprint density at radius 3 is 2.36 bits per heavy atom. The fourth-order valence-corrected chi connectivity index (χ4v) is 4.59. The van der Waals surface area contributed by atoms with Gasteiger partial charge in [-0.1, -0.05) is 55.5 Å². The second kappa shape index (κ2) is 9.04. The first kappa shape index (κ1) is 23.1. The summed E-state index contributed by atoms with van der Waals surface area (Å²) >= 11 is 0. The quantitative estimate of drug-likeness (QED) is 0.535. The number of hydrogen-bond donors (Lipinski definition) is 1. The third-order valence-corrected chi connectivity index (χ3v) is 6.47. The van der Waals surface area contributed by atoms with Crippen molar-refractivity contribution in [2.45, 2.75) is 50.8 Å². The second-order valence-corrected chi connectivity index (χ2v) is 8.75. The van der Waals surface area contributed by atoms with Crippen LogP contribution >= 0.6 is 0 Å². The number of aliphatic hydroxyl groups is 1. The van der Waals surface area contributed by atoms with Gasteiger partial charge in [0.1, 0.15) is 0 Å². The maximum absolute atomic E-state index is 13.1. The number of aliphatic hydroxyl groups excluding tert-OH is 1. The lowest BCUT2D eigenvalue weighted by Gasteiger charge is -2.31. The SMILES string of the molecule is CCC(Cc1cccc(C(F)(F)F)c1)C1OC(=O)C(C(c2ccccc2)C2CC2)=C(O)C1=O. The minimum Gasteiger partial charge on any atom is -0.504 e. The van der Waals surface area contributed by atoms with Crippen LogP contribution in [0, 0.1) is 11.8 Å². The first-order valence-corrected chi connectivity index (χ1v) is 11.1. The molecule has 1 saturated carbocycles. The van der Waals surface area contributed by atoms with Gasteiger partial charge in [-0.05, 0) is 48.8 Å². The van der Waals surface area contributed by atoms with Crippen molar-refractivity contribution in [3.05, 3.63) is 82.6 Å². The molecule has 33 heavy (non-hydrogen) atoms. The van der Waals surface area contributed by atoms with Crippen LogP contribution in [0.2, 0.25) is 0 Å². The molecule has 4 nitrogen and oxygen atoms in total. The van der Waals surface area contributed by atoms with Gasteiger partial charge < -0.3 is 9.84 Å². The number of benzene rings is 2. The molecule has 2 aromatic carbocycles. The first-order chi connectivity index (χ1) is 15.7. The molecule has 0 saturated heterocycles. The Morgan fingerprint density at radius 1 is 1.06 bits per heavy atom. The highest BCUT2D eigenvalue weighted by Gasteiger charge is 2.47. The third-order valence-electron chi connectivity index (χ3n) is 6.47. The van der Waals surface area contributed by atoms with E-state index in [4.69, 9.17) is 4.74 Å². The Morgan fingerprint density at radius 2 is 1.76 bits per heavy atom. The van der Waals surface area contributed by atoms with Crippen molar-refractivity contribution < 1.29 is 32.6 Å². The number of ketones is 1. The lowest BCUT2D eigenvalue weighted by Crippen LogP contribution is -2.42. The molecule has 0 radical (unpaired) electrons. The summed E-state index contributed by atoms with van der Waals surface area (Å²) in [6, 6.07) is 14.1. The Labute approximate surface area is 190 Å². The van der Waals surface area contributed by atoms with Gasteiger partial charge in [0.15, 0.2) is 11.9 Å². The van der Waals surface area contributed by atoms with Gasteiger partial charge in [0.25, 0.3) is 0 Å². The molecule has 2 aliphatic rings. The molecular formula is C26H25F3O4. The number of alkyl halides is 3. The van der Waals surface area contributed by atoms with E-state index in [9.17, 15) is 27.9 Å². The normalized spacial score (nSPS) is 21.0. The van der Waals surface area contributed by atoms with Gasteiger partial charge >= 0.3 is 12.1 Å². The predicted molar refractivity (Wildman–Crippen MR) is 115 cm³/mol. The summed E-state index contributed by atoms with van der Waals surface area (Å²) in [4.78, 5) is 26.1. The molecule has 0 bridgehead atoms. The summed E-state index contributed by atoms with van der Waals surface area (Å²) in [6.45, 7) is 1.77. The lowest BCUT2D eigenvalue weighted by atomic mass is 9.81. The van der Waals surface area contributed by atoms with E-state index in [1.54, 1.807) is 13.0 Å². The van der Waals surface area contributed by atoms with E-state index in [1.807, 2.05) is 30.3 Å². The summed E-state index contributed by atoms with van der Waals surface area (Å²) < 4.78 is 44.8. The molecular weight excluding hydrogens is 433 g/mol. The van der Waals surface area contributed by atoms with Crippen LogP contribution in [0.1, 0.15) is 48.8 Å². The van der Waals surface area contributed by atoms with Crippen LogP contribution in [-0.2, 0) is 26.9 Å². The van der Waals surface area contributed by atoms with E-state index < -0.39 is 47.2 Å². The van der Waals surface area contributed by atoms with Gasteiger partial charge in [0.2, 0.25) is 5.78 Å². The number of carbonyl (C=O) groups excluding carboxylic acids is 2. The van der Waals surface area contributed by atoms with Crippen LogP contribution in [0.3, 0.4) is 0 Å². The highest BCUT2D eigenvalue weighted by atomic mass is 19.4. The number of rotatable bonds is 7. The molecule has 1 N–H and O–H groups in total.